The molecule has 2 heteroatoms. The van der Waals surface area contributed by atoms with E-state index in [1.54, 1.807) is 0 Å². The maximum Gasteiger partial charge on any atom is 0.0991 e. The van der Waals surface area contributed by atoms with Crippen molar-refractivity contribution in [3.8, 4) is 17.2 Å². The summed E-state index contributed by atoms with van der Waals surface area (Å²) >= 11 is 0. The quantitative estimate of drug-likeness (QED) is 0.893. The van der Waals surface area contributed by atoms with E-state index in [1.165, 1.54) is 5.56 Å². The van der Waals surface area contributed by atoms with Crippen LogP contribution in [0.1, 0.15) is 31.0 Å². The van der Waals surface area contributed by atoms with E-state index in [1.807, 2.05) is 24.3 Å². The van der Waals surface area contributed by atoms with Crippen molar-refractivity contribution in [2.24, 2.45) is 0 Å². The van der Waals surface area contributed by atoms with Crippen LogP contribution >= 0.6 is 0 Å². The molecule has 0 aliphatic rings. The second-order valence-corrected chi connectivity index (χ2v) is 4.60. The normalized spacial score (nSPS) is 11.8. The molecular formula is C17H18N2. The molecule has 0 heterocycles. The molecule has 0 spiro atoms. The number of nitrogens with one attached hydrogen (secondary N) is 1. The van der Waals surface area contributed by atoms with Crippen molar-refractivity contribution in [2.45, 2.75) is 19.9 Å². The van der Waals surface area contributed by atoms with E-state index in [4.69, 9.17) is 5.26 Å². The van der Waals surface area contributed by atoms with Gasteiger partial charge in [-0.15, -0.1) is 0 Å². The molecule has 0 aliphatic carbocycles. The zero-order valence-electron chi connectivity index (χ0n) is 11.4. The molecule has 0 aliphatic heterocycles. The van der Waals surface area contributed by atoms with Gasteiger partial charge < -0.3 is 5.32 Å². The SMILES string of the molecule is CCNC(C)c1cccc(-c2cccc(C#N)c2)c1. The van der Waals surface area contributed by atoms with E-state index >= 15 is 0 Å². The van der Waals surface area contributed by atoms with E-state index in [0.29, 0.717) is 11.6 Å². The van der Waals surface area contributed by atoms with Gasteiger partial charge in [0.25, 0.3) is 0 Å². The zero-order valence-corrected chi connectivity index (χ0v) is 11.4. The Balaban J connectivity index is 2.35. The first-order valence-corrected chi connectivity index (χ1v) is 6.58. The molecule has 0 bridgehead atoms. The molecule has 1 unspecified atom stereocenters. The van der Waals surface area contributed by atoms with Crippen LogP contribution in [0, 0.1) is 11.3 Å². The minimum atomic E-state index is 0.337. The Labute approximate surface area is 114 Å². The van der Waals surface area contributed by atoms with Gasteiger partial charge in [0.1, 0.15) is 0 Å². The Bertz CT molecular complexity index is 596. The summed E-state index contributed by atoms with van der Waals surface area (Å²) < 4.78 is 0. The Morgan fingerprint density at radius 2 is 1.79 bits per heavy atom. The standard InChI is InChI=1S/C17H18N2/c1-3-19-13(2)15-7-5-9-17(11-15)16-8-4-6-14(10-16)12-18/h4-11,13,19H,3H2,1-2H3. The third-order valence-corrected chi connectivity index (χ3v) is 3.22. The lowest BCUT2D eigenvalue weighted by Crippen LogP contribution is -2.17. The van der Waals surface area contributed by atoms with Gasteiger partial charge in [0.15, 0.2) is 0 Å². The summed E-state index contributed by atoms with van der Waals surface area (Å²) in [5.74, 6) is 0. The van der Waals surface area contributed by atoms with Gasteiger partial charge in [-0.2, -0.15) is 5.26 Å². The lowest BCUT2D eigenvalue weighted by atomic mass is 9.99. The van der Waals surface area contributed by atoms with Crippen molar-refractivity contribution in [1.29, 1.82) is 5.26 Å². The summed E-state index contributed by atoms with van der Waals surface area (Å²) in [7, 11) is 0. The van der Waals surface area contributed by atoms with Gasteiger partial charge in [-0.05, 0) is 48.4 Å². The molecule has 2 rings (SSSR count). The predicted molar refractivity (Wildman–Crippen MR) is 78.7 cm³/mol. The summed E-state index contributed by atoms with van der Waals surface area (Å²) in [6.07, 6.45) is 0. The summed E-state index contributed by atoms with van der Waals surface area (Å²) in [5.41, 5.74) is 4.20. The van der Waals surface area contributed by atoms with Crippen LogP contribution in [-0.4, -0.2) is 6.54 Å². The van der Waals surface area contributed by atoms with Crippen LogP contribution in [0.4, 0.5) is 0 Å². The topological polar surface area (TPSA) is 35.8 Å². The van der Waals surface area contributed by atoms with Crippen molar-refractivity contribution in [1.82, 2.24) is 5.32 Å². The molecule has 1 atom stereocenters. The molecule has 0 fully saturated rings. The first kappa shape index (κ1) is 13.3. The summed E-state index contributed by atoms with van der Waals surface area (Å²) in [6.45, 7) is 5.22. The van der Waals surface area contributed by atoms with Gasteiger partial charge in [-0.3, -0.25) is 0 Å². The smallest absolute Gasteiger partial charge is 0.0991 e. The molecule has 2 aromatic rings. The average Bonchev–Trinajstić information content (AvgIpc) is 2.48. The molecule has 96 valence electrons. The predicted octanol–water partition coefficient (Wildman–Crippen LogP) is 3.90. The largest absolute Gasteiger partial charge is 0.310 e. The average molecular weight is 250 g/mol. The first-order chi connectivity index (χ1) is 9.24. The third kappa shape index (κ3) is 3.21. The van der Waals surface area contributed by atoms with E-state index in [2.05, 4.69) is 49.5 Å². The number of nitriles is 1. The van der Waals surface area contributed by atoms with Crippen molar-refractivity contribution >= 4 is 0 Å². The zero-order chi connectivity index (χ0) is 13.7. The summed E-state index contributed by atoms with van der Waals surface area (Å²) in [6, 6.07) is 18.7. The molecule has 1 N–H and O–H groups in total. The monoisotopic (exact) mass is 250 g/mol. The number of rotatable bonds is 4. The molecule has 0 aromatic heterocycles. The molecule has 2 nitrogen and oxygen atoms in total. The van der Waals surface area contributed by atoms with Crippen molar-refractivity contribution < 1.29 is 0 Å². The number of benzene rings is 2. The molecular weight excluding hydrogens is 232 g/mol. The Hall–Kier alpha value is -2.11. The Morgan fingerprint density at radius 1 is 1.11 bits per heavy atom. The van der Waals surface area contributed by atoms with Gasteiger partial charge >= 0.3 is 0 Å². The molecule has 0 saturated carbocycles. The van der Waals surface area contributed by atoms with E-state index in [-0.39, 0.29) is 0 Å². The second kappa shape index (κ2) is 6.17. The molecule has 0 saturated heterocycles. The van der Waals surface area contributed by atoms with Gasteiger partial charge in [0, 0.05) is 6.04 Å². The Kier molecular flexibility index (Phi) is 4.33. The molecule has 2 aromatic carbocycles. The van der Waals surface area contributed by atoms with Crippen LogP contribution < -0.4 is 5.32 Å². The van der Waals surface area contributed by atoms with Crippen LogP contribution in [0.2, 0.25) is 0 Å². The van der Waals surface area contributed by atoms with E-state index in [0.717, 1.165) is 17.7 Å². The summed E-state index contributed by atoms with van der Waals surface area (Å²) in [5, 5.41) is 12.4. The van der Waals surface area contributed by atoms with Crippen molar-refractivity contribution in [2.75, 3.05) is 6.54 Å². The third-order valence-electron chi connectivity index (χ3n) is 3.22. The highest BCUT2D eigenvalue weighted by atomic mass is 14.9. The maximum absolute atomic E-state index is 8.96. The van der Waals surface area contributed by atoms with Crippen LogP contribution in [0.3, 0.4) is 0 Å². The van der Waals surface area contributed by atoms with Crippen LogP contribution in [-0.2, 0) is 0 Å². The highest BCUT2D eigenvalue weighted by Crippen LogP contribution is 2.23. The van der Waals surface area contributed by atoms with E-state index < -0.39 is 0 Å². The van der Waals surface area contributed by atoms with Crippen LogP contribution in [0.5, 0.6) is 0 Å². The minimum Gasteiger partial charge on any atom is -0.310 e. The fraction of sp³-hybridized carbons (Fsp3) is 0.235. The van der Waals surface area contributed by atoms with Crippen LogP contribution in [0.15, 0.2) is 48.5 Å². The minimum absolute atomic E-state index is 0.337. The van der Waals surface area contributed by atoms with Gasteiger partial charge in [0.2, 0.25) is 0 Å². The van der Waals surface area contributed by atoms with Crippen molar-refractivity contribution in [3.63, 3.8) is 0 Å². The van der Waals surface area contributed by atoms with Gasteiger partial charge in [-0.25, -0.2) is 0 Å². The number of hydrogen-bond donors (Lipinski definition) is 1. The van der Waals surface area contributed by atoms with E-state index in [9.17, 15) is 0 Å². The molecule has 0 amide bonds. The Morgan fingerprint density at radius 3 is 2.47 bits per heavy atom. The fourth-order valence-corrected chi connectivity index (χ4v) is 2.18. The van der Waals surface area contributed by atoms with Gasteiger partial charge in [0.05, 0.1) is 11.6 Å². The van der Waals surface area contributed by atoms with Crippen molar-refractivity contribution in [3.05, 3.63) is 59.7 Å². The highest BCUT2D eigenvalue weighted by molar-refractivity contribution is 5.66. The first-order valence-electron chi connectivity index (χ1n) is 6.58. The summed E-state index contributed by atoms with van der Waals surface area (Å²) in [4.78, 5) is 0. The second-order valence-electron chi connectivity index (χ2n) is 4.60. The maximum atomic E-state index is 8.96. The lowest BCUT2D eigenvalue weighted by molar-refractivity contribution is 0.598. The van der Waals surface area contributed by atoms with Gasteiger partial charge in [-0.1, -0.05) is 37.3 Å². The number of hydrogen-bond acceptors (Lipinski definition) is 2. The lowest BCUT2D eigenvalue weighted by Gasteiger charge is -2.14. The number of nitrogens with zero attached hydrogens (tertiary/aromatic N) is 1. The fourth-order valence-electron chi connectivity index (χ4n) is 2.18. The molecule has 19 heavy (non-hydrogen) atoms. The van der Waals surface area contributed by atoms with Crippen LogP contribution in [0.25, 0.3) is 11.1 Å². The molecule has 0 radical (unpaired) electrons. The highest BCUT2D eigenvalue weighted by Gasteiger charge is 2.05.